The maximum absolute atomic E-state index is 13.3. The first-order valence-corrected chi connectivity index (χ1v) is 9.20. The minimum absolute atomic E-state index is 0.0326. The van der Waals surface area contributed by atoms with Crippen molar-refractivity contribution in [2.75, 3.05) is 11.4 Å². The van der Waals surface area contributed by atoms with E-state index in [-0.39, 0.29) is 16.6 Å². The maximum atomic E-state index is 13.3. The van der Waals surface area contributed by atoms with Crippen LogP contribution in [0.25, 0.3) is 0 Å². The van der Waals surface area contributed by atoms with E-state index in [0.29, 0.717) is 30.8 Å². The Bertz CT molecular complexity index is 979. The quantitative estimate of drug-likeness (QED) is 0.722. The van der Waals surface area contributed by atoms with Crippen molar-refractivity contribution in [1.29, 1.82) is 0 Å². The summed E-state index contributed by atoms with van der Waals surface area (Å²) < 4.78 is 26.6. The molecule has 7 nitrogen and oxygen atoms in total. The number of anilines is 1. The number of nitrogens with zero attached hydrogens (tertiary/aromatic N) is 3. The van der Waals surface area contributed by atoms with Gasteiger partial charge in [0.1, 0.15) is 5.02 Å². The zero-order valence-electron chi connectivity index (χ0n) is 15.0. The Morgan fingerprint density at radius 2 is 2.14 bits per heavy atom. The predicted octanol–water partition coefficient (Wildman–Crippen LogP) is 2.70. The number of hydrogen-bond donors (Lipinski definition) is 3. The molecule has 0 aliphatic carbocycles. The standard InChI is InChI=1S/C18H19ClF2N6O/c1-10-6-14-13(9-26(10)15-7-22-24-18(28)16(15)19)23-25-27(14)8-11-4-2-3-5-12(11)17(20)21/h2-5,7,10,17,23,25H,6,8-9H2,1H3,(H,24,28)/t10-/m1/s1. The van der Waals surface area contributed by atoms with Crippen LogP contribution < -0.4 is 21.4 Å². The van der Waals surface area contributed by atoms with Crippen LogP contribution in [0.1, 0.15) is 30.9 Å². The summed E-state index contributed by atoms with van der Waals surface area (Å²) in [5.74, 6) is 0. The van der Waals surface area contributed by atoms with Crippen molar-refractivity contribution in [2.24, 2.45) is 0 Å². The van der Waals surface area contributed by atoms with Gasteiger partial charge in [-0.3, -0.25) is 9.80 Å². The summed E-state index contributed by atoms with van der Waals surface area (Å²) in [6.45, 7) is 2.82. The van der Waals surface area contributed by atoms with Crippen molar-refractivity contribution >= 4 is 17.3 Å². The molecule has 0 amide bonds. The van der Waals surface area contributed by atoms with Crippen molar-refractivity contribution in [3.63, 3.8) is 0 Å². The molecule has 0 saturated heterocycles. The number of rotatable bonds is 4. The van der Waals surface area contributed by atoms with Crippen LogP contribution in [0, 0.1) is 0 Å². The molecule has 0 saturated carbocycles. The minimum Gasteiger partial charge on any atom is -0.360 e. The predicted molar refractivity (Wildman–Crippen MR) is 102 cm³/mol. The first-order valence-electron chi connectivity index (χ1n) is 8.82. The molecule has 0 spiro atoms. The van der Waals surface area contributed by atoms with E-state index in [4.69, 9.17) is 11.6 Å². The van der Waals surface area contributed by atoms with Crippen LogP contribution in [0.5, 0.6) is 0 Å². The molecular weight excluding hydrogens is 390 g/mol. The Hall–Kier alpha value is -2.65. The van der Waals surface area contributed by atoms with Gasteiger partial charge in [0, 0.05) is 18.0 Å². The number of aromatic nitrogens is 2. The van der Waals surface area contributed by atoms with E-state index in [1.54, 1.807) is 18.2 Å². The number of benzene rings is 1. The number of hydrogen-bond acceptors (Lipinski definition) is 6. The summed E-state index contributed by atoms with van der Waals surface area (Å²) in [6.07, 6.45) is -0.341. The highest BCUT2D eigenvalue weighted by Gasteiger charge is 2.33. The third kappa shape index (κ3) is 3.31. The second-order valence-electron chi connectivity index (χ2n) is 6.83. The van der Waals surface area contributed by atoms with Crippen LogP contribution in [-0.4, -0.2) is 27.8 Å². The largest absolute Gasteiger partial charge is 0.360 e. The summed E-state index contributed by atoms with van der Waals surface area (Å²) in [7, 11) is 0. The molecule has 2 aromatic rings. The Kier molecular flexibility index (Phi) is 4.94. The fourth-order valence-electron chi connectivity index (χ4n) is 3.61. The molecule has 1 atom stereocenters. The molecule has 4 rings (SSSR count). The molecule has 3 heterocycles. The third-order valence-electron chi connectivity index (χ3n) is 5.07. The molecule has 0 radical (unpaired) electrons. The number of hydrazine groups is 2. The summed E-state index contributed by atoms with van der Waals surface area (Å²) in [5, 5.41) is 8.10. The van der Waals surface area contributed by atoms with Crippen molar-refractivity contribution in [1.82, 2.24) is 26.2 Å². The molecule has 0 fully saturated rings. The smallest absolute Gasteiger partial charge is 0.285 e. The summed E-state index contributed by atoms with van der Waals surface area (Å²) >= 11 is 6.16. The molecule has 0 bridgehead atoms. The molecule has 2 aliphatic rings. The topological polar surface area (TPSA) is 76.3 Å². The van der Waals surface area contributed by atoms with Gasteiger partial charge in [-0.05, 0) is 12.5 Å². The highest BCUT2D eigenvalue weighted by molar-refractivity contribution is 6.33. The molecule has 3 N–H and O–H groups in total. The van der Waals surface area contributed by atoms with Crippen molar-refractivity contribution in [3.8, 4) is 0 Å². The van der Waals surface area contributed by atoms with Gasteiger partial charge >= 0.3 is 0 Å². The molecule has 28 heavy (non-hydrogen) atoms. The monoisotopic (exact) mass is 408 g/mol. The van der Waals surface area contributed by atoms with Crippen LogP contribution in [0.2, 0.25) is 5.02 Å². The minimum atomic E-state index is -2.52. The lowest BCUT2D eigenvalue weighted by atomic mass is 10.0. The average molecular weight is 409 g/mol. The van der Waals surface area contributed by atoms with Gasteiger partial charge in [0.25, 0.3) is 12.0 Å². The van der Waals surface area contributed by atoms with Crippen LogP contribution in [0.4, 0.5) is 14.5 Å². The van der Waals surface area contributed by atoms with Crippen LogP contribution in [0.3, 0.4) is 0 Å². The van der Waals surface area contributed by atoms with E-state index in [1.807, 2.05) is 16.8 Å². The summed E-state index contributed by atoms with van der Waals surface area (Å²) in [4.78, 5) is 13.8. The maximum Gasteiger partial charge on any atom is 0.285 e. The van der Waals surface area contributed by atoms with Crippen LogP contribution >= 0.6 is 11.6 Å². The van der Waals surface area contributed by atoms with Gasteiger partial charge in [-0.15, -0.1) is 5.53 Å². The lowest BCUT2D eigenvalue weighted by Gasteiger charge is -2.36. The third-order valence-corrected chi connectivity index (χ3v) is 5.44. The number of aromatic amines is 1. The number of alkyl halides is 2. The van der Waals surface area contributed by atoms with E-state index in [0.717, 1.165) is 11.4 Å². The SMILES string of the molecule is C[C@@H]1CC2=C(CN1c1cn[nH]c(=O)c1Cl)NNN2Cc1ccccc1C(F)F. The Morgan fingerprint density at radius 3 is 2.93 bits per heavy atom. The molecule has 10 heteroatoms. The second-order valence-corrected chi connectivity index (χ2v) is 7.21. The van der Waals surface area contributed by atoms with Crippen LogP contribution in [0.15, 0.2) is 46.7 Å². The van der Waals surface area contributed by atoms with E-state index in [9.17, 15) is 13.6 Å². The van der Waals surface area contributed by atoms with Crippen LogP contribution in [-0.2, 0) is 6.54 Å². The Labute approximate surface area is 164 Å². The number of nitrogens with one attached hydrogen (secondary N) is 3. The first-order chi connectivity index (χ1) is 13.5. The van der Waals surface area contributed by atoms with Gasteiger partial charge < -0.3 is 10.3 Å². The fourth-order valence-corrected chi connectivity index (χ4v) is 3.81. The fraction of sp³-hybridized carbons (Fsp3) is 0.333. The zero-order valence-corrected chi connectivity index (χ0v) is 15.8. The molecule has 148 valence electrons. The normalized spacial score (nSPS) is 19.2. The van der Waals surface area contributed by atoms with E-state index >= 15 is 0 Å². The number of halogens is 3. The molecule has 2 aliphatic heterocycles. The molecular formula is C18H19ClF2N6O. The van der Waals surface area contributed by atoms with E-state index in [1.165, 1.54) is 12.3 Å². The first kappa shape index (κ1) is 18.7. The molecule has 1 aromatic heterocycles. The highest BCUT2D eigenvalue weighted by atomic mass is 35.5. The van der Waals surface area contributed by atoms with Gasteiger partial charge in [-0.2, -0.15) is 5.10 Å². The van der Waals surface area contributed by atoms with Crippen molar-refractivity contribution in [3.05, 3.63) is 68.4 Å². The summed E-state index contributed by atoms with van der Waals surface area (Å²) in [6, 6.07) is 6.57. The Morgan fingerprint density at radius 1 is 1.36 bits per heavy atom. The molecule has 1 aromatic carbocycles. The van der Waals surface area contributed by atoms with Gasteiger partial charge in [0.2, 0.25) is 0 Å². The van der Waals surface area contributed by atoms with E-state index < -0.39 is 12.0 Å². The van der Waals surface area contributed by atoms with Gasteiger partial charge in [-0.1, -0.05) is 35.9 Å². The highest BCUT2D eigenvalue weighted by Crippen LogP contribution is 2.33. The molecule has 0 unspecified atom stereocenters. The van der Waals surface area contributed by atoms with Gasteiger partial charge in [-0.25, -0.2) is 13.9 Å². The van der Waals surface area contributed by atoms with E-state index in [2.05, 4.69) is 21.2 Å². The second kappa shape index (κ2) is 7.40. The number of H-pyrrole nitrogens is 1. The summed E-state index contributed by atoms with van der Waals surface area (Å²) in [5.41, 5.74) is 8.80. The average Bonchev–Trinajstić information content (AvgIpc) is 3.05. The van der Waals surface area contributed by atoms with Crippen molar-refractivity contribution in [2.45, 2.75) is 32.4 Å². The van der Waals surface area contributed by atoms with Gasteiger partial charge in [0.05, 0.1) is 36.4 Å². The Balaban J connectivity index is 1.58. The lowest BCUT2D eigenvalue weighted by Crippen LogP contribution is -2.41. The van der Waals surface area contributed by atoms with Crippen molar-refractivity contribution < 1.29 is 8.78 Å². The van der Waals surface area contributed by atoms with Gasteiger partial charge in [0.15, 0.2) is 0 Å². The zero-order chi connectivity index (χ0) is 19.8. The lowest BCUT2D eigenvalue weighted by molar-refractivity contribution is 0.147.